The van der Waals surface area contributed by atoms with Gasteiger partial charge in [-0.25, -0.2) is 9.97 Å². The van der Waals surface area contributed by atoms with Crippen molar-refractivity contribution in [1.29, 1.82) is 5.26 Å². The van der Waals surface area contributed by atoms with Gasteiger partial charge in [-0.2, -0.15) is 5.26 Å². The topological polar surface area (TPSA) is 49.6 Å². The molecule has 112 valence electrons. The normalized spacial score (nSPS) is 10.3. The molecule has 3 nitrogen and oxygen atoms in total. The van der Waals surface area contributed by atoms with Crippen molar-refractivity contribution in [2.45, 2.75) is 20.3 Å². The number of rotatable bonds is 3. The fourth-order valence-corrected chi connectivity index (χ4v) is 2.52. The molecule has 1 heterocycles. The van der Waals surface area contributed by atoms with E-state index in [1.165, 1.54) is 5.56 Å². The van der Waals surface area contributed by atoms with Crippen molar-refractivity contribution in [2.75, 3.05) is 0 Å². The van der Waals surface area contributed by atoms with Crippen molar-refractivity contribution in [1.82, 2.24) is 9.97 Å². The molecule has 3 heteroatoms. The highest BCUT2D eigenvalue weighted by molar-refractivity contribution is 5.56. The van der Waals surface area contributed by atoms with Crippen LogP contribution in [-0.4, -0.2) is 9.97 Å². The Morgan fingerprint density at radius 1 is 0.913 bits per heavy atom. The standard InChI is InChI=1S/C20H17N3/c1-14-8-10-16(11-9-14)12-19-18(13-21)15(2)22-20(23-19)17-6-4-3-5-7-17/h3-11H,12H2,1-2H3. The Labute approximate surface area is 136 Å². The highest BCUT2D eigenvalue weighted by Gasteiger charge is 2.13. The van der Waals surface area contributed by atoms with Crippen molar-refractivity contribution >= 4 is 0 Å². The van der Waals surface area contributed by atoms with Gasteiger partial charge in [-0.15, -0.1) is 0 Å². The minimum absolute atomic E-state index is 0.574. The zero-order valence-electron chi connectivity index (χ0n) is 13.2. The van der Waals surface area contributed by atoms with Crippen LogP contribution in [0.5, 0.6) is 0 Å². The third-order valence-corrected chi connectivity index (χ3v) is 3.80. The largest absolute Gasteiger partial charge is 0.232 e. The molecular formula is C20H17N3. The molecule has 0 radical (unpaired) electrons. The van der Waals surface area contributed by atoms with Gasteiger partial charge >= 0.3 is 0 Å². The van der Waals surface area contributed by atoms with E-state index in [9.17, 15) is 5.26 Å². The van der Waals surface area contributed by atoms with Crippen molar-refractivity contribution in [3.63, 3.8) is 0 Å². The van der Waals surface area contributed by atoms with Gasteiger partial charge in [0.1, 0.15) is 6.07 Å². The summed E-state index contributed by atoms with van der Waals surface area (Å²) in [4.78, 5) is 9.16. The molecule has 0 N–H and O–H groups in total. The van der Waals surface area contributed by atoms with Gasteiger partial charge in [-0.05, 0) is 19.4 Å². The third kappa shape index (κ3) is 3.27. The van der Waals surface area contributed by atoms with Crippen molar-refractivity contribution < 1.29 is 0 Å². The highest BCUT2D eigenvalue weighted by atomic mass is 14.9. The summed E-state index contributed by atoms with van der Waals surface area (Å²) in [7, 11) is 0. The van der Waals surface area contributed by atoms with E-state index in [1.54, 1.807) is 0 Å². The van der Waals surface area contributed by atoms with Crippen LogP contribution in [0, 0.1) is 25.2 Å². The summed E-state index contributed by atoms with van der Waals surface area (Å²) in [6, 6.07) is 20.4. The fourth-order valence-electron chi connectivity index (χ4n) is 2.52. The lowest BCUT2D eigenvalue weighted by Gasteiger charge is -2.09. The molecule has 0 amide bonds. The molecule has 0 saturated heterocycles. The molecule has 3 aromatic rings. The predicted octanol–water partition coefficient (Wildman–Crippen LogP) is 4.22. The number of hydrogen-bond donors (Lipinski definition) is 0. The average molecular weight is 299 g/mol. The molecule has 23 heavy (non-hydrogen) atoms. The molecule has 0 fully saturated rings. The first-order valence-electron chi connectivity index (χ1n) is 7.56. The second-order valence-corrected chi connectivity index (χ2v) is 5.59. The van der Waals surface area contributed by atoms with Crippen molar-refractivity contribution in [3.05, 3.63) is 82.7 Å². The molecule has 0 atom stereocenters. The summed E-state index contributed by atoms with van der Waals surface area (Å²) < 4.78 is 0. The Bertz CT molecular complexity index is 860. The van der Waals surface area contributed by atoms with Gasteiger partial charge in [-0.1, -0.05) is 60.2 Å². The van der Waals surface area contributed by atoms with E-state index in [4.69, 9.17) is 0 Å². The molecule has 0 aliphatic carbocycles. The van der Waals surface area contributed by atoms with Crippen LogP contribution in [0.25, 0.3) is 11.4 Å². The molecule has 0 aliphatic rings. The van der Waals surface area contributed by atoms with Crippen LogP contribution in [0.1, 0.15) is 28.1 Å². The summed E-state index contributed by atoms with van der Waals surface area (Å²) in [5.74, 6) is 0.671. The Kier molecular flexibility index (Phi) is 4.16. The number of benzene rings is 2. The predicted molar refractivity (Wildman–Crippen MR) is 90.9 cm³/mol. The second-order valence-electron chi connectivity index (χ2n) is 5.59. The van der Waals surface area contributed by atoms with Crippen LogP contribution >= 0.6 is 0 Å². The zero-order chi connectivity index (χ0) is 16.2. The summed E-state index contributed by atoms with van der Waals surface area (Å²) in [5.41, 5.74) is 5.41. The maximum atomic E-state index is 9.45. The molecule has 0 spiro atoms. The van der Waals surface area contributed by atoms with Gasteiger partial charge in [0.25, 0.3) is 0 Å². The molecule has 0 saturated carbocycles. The Balaban J connectivity index is 2.05. The van der Waals surface area contributed by atoms with E-state index in [1.807, 2.05) is 37.3 Å². The molecule has 3 rings (SSSR count). The lowest BCUT2D eigenvalue weighted by Crippen LogP contribution is -2.04. The van der Waals surface area contributed by atoms with Crippen LogP contribution < -0.4 is 0 Å². The van der Waals surface area contributed by atoms with Crippen LogP contribution in [0.4, 0.5) is 0 Å². The van der Waals surface area contributed by atoms with Gasteiger partial charge in [-0.3, -0.25) is 0 Å². The van der Waals surface area contributed by atoms with Crippen LogP contribution in [0.3, 0.4) is 0 Å². The SMILES string of the molecule is Cc1ccc(Cc2nc(-c3ccccc3)nc(C)c2C#N)cc1. The van der Waals surface area contributed by atoms with Gasteiger partial charge in [0.15, 0.2) is 5.82 Å². The van der Waals surface area contributed by atoms with Crippen LogP contribution in [-0.2, 0) is 6.42 Å². The minimum atomic E-state index is 0.574. The lowest BCUT2D eigenvalue weighted by atomic mass is 10.0. The lowest BCUT2D eigenvalue weighted by molar-refractivity contribution is 0.992. The molecule has 0 unspecified atom stereocenters. The van der Waals surface area contributed by atoms with Crippen LogP contribution in [0.2, 0.25) is 0 Å². The Morgan fingerprint density at radius 3 is 2.26 bits per heavy atom. The van der Waals surface area contributed by atoms with Crippen LogP contribution in [0.15, 0.2) is 54.6 Å². The quantitative estimate of drug-likeness (QED) is 0.727. The number of nitrogens with zero attached hydrogens (tertiary/aromatic N) is 3. The number of nitriles is 1. The van der Waals surface area contributed by atoms with Gasteiger partial charge in [0, 0.05) is 12.0 Å². The summed E-state index contributed by atoms with van der Waals surface area (Å²) in [6.07, 6.45) is 0.631. The van der Waals surface area contributed by atoms with Crippen molar-refractivity contribution in [3.8, 4) is 17.5 Å². The maximum Gasteiger partial charge on any atom is 0.159 e. The first-order chi connectivity index (χ1) is 11.2. The molecule has 2 aromatic carbocycles. The molecule has 1 aromatic heterocycles. The maximum absolute atomic E-state index is 9.45. The number of hydrogen-bond acceptors (Lipinski definition) is 3. The first-order valence-corrected chi connectivity index (χ1v) is 7.56. The van der Waals surface area contributed by atoms with E-state index < -0.39 is 0 Å². The zero-order valence-corrected chi connectivity index (χ0v) is 13.2. The fraction of sp³-hybridized carbons (Fsp3) is 0.150. The molecule has 0 bridgehead atoms. The monoisotopic (exact) mass is 299 g/mol. The summed E-state index contributed by atoms with van der Waals surface area (Å²) in [5, 5.41) is 9.45. The molecular weight excluding hydrogens is 282 g/mol. The number of aromatic nitrogens is 2. The third-order valence-electron chi connectivity index (χ3n) is 3.80. The number of aryl methyl sites for hydroxylation is 2. The van der Waals surface area contributed by atoms with E-state index in [0.29, 0.717) is 17.8 Å². The Hall–Kier alpha value is -2.99. The summed E-state index contributed by atoms with van der Waals surface area (Å²) in [6.45, 7) is 3.93. The second kappa shape index (κ2) is 6.41. The molecule has 0 aliphatic heterocycles. The van der Waals surface area contributed by atoms with E-state index in [0.717, 1.165) is 22.5 Å². The van der Waals surface area contributed by atoms with E-state index in [2.05, 4.69) is 47.2 Å². The average Bonchev–Trinajstić information content (AvgIpc) is 2.57. The smallest absolute Gasteiger partial charge is 0.159 e. The van der Waals surface area contributed by atoms with Gasteiger partial charge in [0.2, 0.25) is 0 Å². The van der Waals surface area contributed by atoms with E-state index >= 15 is 0 Å². The first kappa shape index (κ1) is 14.9. The Morgan fingerprint density at radius 2 is 1.61 bits per heavy atom. The van der Waals surface area contributed by atoms with Gasteiger partial charge in [0.05, 0.1) is 17.0 Å². The van der Waals surface area contributed by atoms with Gasteiger partial charge < -0.3 is 0 Å². The highest BCUT2D eigenvalue weighted by Crippen LogP contribution is 2.20. The summed E-state index contributed by atoms with van der Waals surface area (Å²) >= 11 is 0. The minimum Gasteiger partial charge on any atom is -0.232 e. The van der Waals surface area contributed by atoms with E-state index in [-0.39, 0.29) is 0 Å². The van der Waals surface area contributed by atoms with Crippen molar-refractivity contribution in [2.24, 2.45) is 0 Å².